The fourth-order valence-electron chi connectivity index (χ4n) is 2.85. The zero-order valence-electron chi connectivity index (χ0n) is 13.3. The highest BCUT2D eigenvalue weighted by Gasteiger charge is 2.29. The van der Waals surface area contributed by atoms with Gasteiger partial charge >= 0.3 is 0 Å². The average Bonchev–Trinajstić information content (AvgIpc) is 2.90. The first-order valence-electron chi connectivity index (χ1n) is 7.59. The zero-order chi connectivity index (χ0) is 15.6. The third-order valence-corrected chi connectivity index (χ3v) is 5.35. The predicted molar refractivity (Wildman–Crippen MR) is 85.8 cm³/mol. The van der Waals surface area contributed by atoms with E-state index in [0.29, 0.717) is 0 Å². The van der Waals surface area contributed by atoms with Gasteiger partial charge in [-0.15, -0.1) is 11.3 Å². The molecule has 1 aliphatic rings. The molecule has 0 unspecified atom stereocenters. The van der Waals surface area contributed by atoms with E-state index in [4.69, 9.17) is 0 Å². The Morgan fingerprint density at radius 1 is 1.29 bits per heavy atom. The van der Waals surface area contributed by atoms with Crippen LogP contribution in [0.25, 0.3) is 0 Å². The number of carbonyl (C=O) groups excluding carboxylic acids is 2. The molecule has 0 saturated heterocycles. The van der Waals surface area contributed by atoms with Gasteiger partial charge in [-0.25, -0.2) is 0 Å². The lowest BCUT2D eigenvalue weighted by Crippen LogP contribution is -2.37. The monoisotopic (exact) mass is 308 g/mol. The number of hydrogen-bond acceptors (Lipinski definition) is 3. The third kappa shape index (κ3) is 3.28. The highest BCUT2D eigenvalue weighted by atomic mass is 32.1. The van der Waals surface area contributed by atoms with Gasteiger partial charge in [-0.2, -0.15) is 0 Å². The second-order valence-electron chi connectivity index (χ2n) is 5.71. The minimum Gasteiger partial charge on any atom is -0.344 e. The lowest BCUT2D eigenvalue weighted by molar-refractivity contribution is -0.135. The van der Waals surface area contributed by atoms with Crippen LogP contribution in [0.5, 0.6) is 0 Å². The molecule has 1 aliphatic carbocycles. The lowest BCUT2D eigenvalue weighted by Gasteiger charge is -2.27. The van der Waals surface area contributed by atoms with Crippen LogP contribution in [0.4, 0.5) is 0 Å². The number of fused-ring (bicyclic) bond motifs is 1. The van der Waals surface area contributed by atoms with Gasteiger partial charge in [-0.1, -0.05) is 0 Å². The Morgan fingerprint density at radius 3 is 2.52 bits per heavy atom. The van der Waals surface area contributed by atoms with Gasteiger partial charge in [0.25, 0.3) is 5.91 Å². The highest BCUT2D eigenvalue weighted by Crippen LogP contribution is 2.33. The van der Waals surface area contributed by atoms with Crippen molar-refractivity contribution in [2.24, 2.45) is 5.92 Å². The summed E-state index contributed by atoms with van der Waals surface area (Å²) in [4.78, 5) is 30.1. The smallest absolute Gasteiger partial charge is 0.263 e. The fraction of sp³-hybridized carbons (Fsp3) is 0.625. The van der Waals surface area contributed by atoms with Gasteiger partial charge in [-0.05, 0) is 44.7 Å². The number of aryl methyl sites for hydroxylation is 1. The first-order valence-corrected chi connectivity index (χ1v) is 8.41. The van der Waals surface area contributed by atoms with Crippen LogP contribution in [-0.2, 0) is 17.6 Å². The molecule has 116 valence electrons. The van der Waals surface area contributed by atoms with Crippen LogP contribution in [-0.4, -0.2) is 48.8 Å². The van der Waals surface area contributed by atoms with Crippen molar-refractivity contribution in [3.63, 3.8) is 0 Å². The van der Waals surface area contributed by atoms with Crippen molar-refractivity contribution in [3.05, 3.63) is 21.4 Å². The van der Waals surface area contributed by atoms with Crippen LogP contribution in [0.2, 0.25) is 0 Å². The Morgan fingerprint density at radius 2 is 1.95 bits per heavy atom. The molecule has 0 spiro atoms. The molecule has 1 aromatic heterocycles. The van der Waals surface area contributed by atoms with Crippen LogP contribution in [0.1, 0.15) is 40.4 Å². The summed E-state index contributed by atoms with van der Waals surface area (Å²) in [5, 5.41) is 0. The second kappa shape index (κ2) is 6.60. The summed E-state index contributed by atoms with van der Waals surface area (Å²) < 4.78 is 0. The van der Waals surface area contributed by atoms with Crippen molar-refractivity contribution in [1.29, 1.82) is 0 Å². The largest absolute Gasteiger partial charge is 0.344 e. The maximum atomic E-state index is 12.5. The van der Waals surface area contributed by atoms with Crippen LogP contribution >= 0.6 is 11.3 Å². The fourth-order valence-corrected chi connectivity index (χ4v) is 4.08. The van der Waals surface area contributed by atoms with E-state index in [2.05, 4.69) is 0 Å². The molecular formula is C16H24N2O2S. The Bertz CT molecular complexity index is 532. The van der Waals surface area contributed by atoms with Crippen LogP contribution in [0.3, 0.4) is 0 Å². The molecule has 0 radical (unpaired) electrons. The summed E-state index contributed by atoms with van der Waals surface area (Å²) in [5.41, 5.74) is 1.20. The van der Waals surface area contributed by atoms with E-state index in [-0.39, 0.29) is 17.7 Å². The average molecular weight is 308 g/mol. The molecule has 1 aromatic rings. The van der Waals surface area contributed by atoms with Crippen LogP contribution in [0, 0.1) is 5.92 Å². The van der Waals surface area contributed by atoms with E-state index in [9.17, 15) is 9.59 Å². The van der Waals surface area contributed by atoms with Crippen LogP contribution < -0.4 is 0 Å². The molecule has 0 N–H and O–H groups in total. The van der Waals surface area contributed by atoms with E-state index < -0.39 is 0 Å². The minimum atomic E-state index is 0.0565. The zero-order valence-corrected chi connectivity index (χ0v) is 14.1. The van der Waals surface area contributed by atoms with E-state index in [1.165, 1.54) is 10.4 Å². The van der Waals surface area contributed by atoms with Crippen molar-refractivity contribution >= 4 is 23.2 Å². The summed E-state index contributed by atoms with van der Waals surface area (Å²) in [6.45, 7) is 5.58. The lowest BCUT2D eigenvalue weighted by atomic mass is 9.87. The SMILES string of the molecule is CCN(CC)C(=O)[C@H]1CCc2sc(C(=O)N(C)C)cc2C1. The number of thiophene rings is 1. The van der Waals surface area contributed by atoms with Crippen molar-refractivity contribution in [3.8, 4) is 0 Å². The van der Waals surface area contributed by atoms with Gasteiger partial charge in [0, 0.05) is 38.0 Å². The molecule has 1 atom stereocenters. The standard InChI is InChI=1S/C16H24N2O2S/c1-5-18(6-2)15(19)11-7-8-13-12(9-11)10-14(21-13)16(20)17(3)4/h10-11H,5-9H2,1-4H3/t11-/m0/s1. The van der Waals surface area contributed by atoms with E-state index in [0.717, 1.165) is 37.2 Å². The molecule has 0 aromatic carbocycles. The molecule has 21 heavy (non-hydrogen) atoms. The third-order valence-electron chi connectivity index (χ3n) is 4.12. The molecule has 0 fully saturated rings. The van der Waals surface area contributed by atoms with Gasteiger partial charge in [0.05, 0.1) is 4.88 Å². The molecule has 2 rings (SSSR count). The number of amides is 2. The topological polar surface area (TPSA) is 40.6 Å². The normalized spacial score (nSPS) is 17.2. The predicted octanol–water partition coefficient (Wildman–Crippen LogP) is 2.42. The molecular weight excluding hydrogens is 284 g/mol. The quantitative estimate of drug-likeness (QED) is 0.857. The number of hydrogen-bond donors (Lipinski definition) is 0. The summed E-state index contributed by atoms with van der Waals surface area (Å²) in [6, 6.07) is 1.99. The van der Waals surface area contributed by atoms with E-state index in [1.54, 1.807) is 30.3 Å². The second-order valence-corrected chi connectivity index (χ2v) is 6.85. The molecule has 2 amide bonds. The first-order chi connectivity index (χ1) is 9.97. The van der Waals surface area contributed by atoms with E-state index in [1.807, 2.05) is 24.8 Å². The van der Waals surface area contributed by atoms with Crippen molar-refractivity contribution < 1.29 is 9.59 Å². The minimum absolute atomic E-state index is 0.0565. The Kier molecular flexibility index (Phi) is 5.04. The summed E-state index contributed by atoms with van der Waals surface area (Å²) in [5.74, 6) is 0.396. The molecule has 5 heteroatoms. The molecule has 0 aliphatic heterocycles. The summed E-state index contributed by atoms with van der Waals surface area (Å²) in [7, 11) is 3.54. The summed E-state index contributed by atoms with van der Waals surface area (Å²) in [6.07, 6.45) is 2.60. The van der Waals surface area contributed by atoms with Gasteiger partial charge in [0.1, 0.15) is 0 Å². The molecule has 0 bridgehead atoms. The maximum Gasteiger partial charge on any atom is 0.263 e. The number of rotatable bonds is 4. The van der Waals surface area contributed by atoms with Gasteiger partial charge in [-0.3, -0.25) is 9.59 Å². The van der Waals surface area contributed by atoms with Crippen molar-refractivity contribution in [1.82, 2.24) is 9.80 Å². The number of nitrogens with zero attached hydrogens (tertiary/aromatic N) is 2. The Labute approximate surface area is 130 Å². The van der Waals surface area contributed by atoms with Crippen molar-refractivity contribution in [2.45, 2.75) is 33.1 Å². The summed E-state index contributed by atoms with van der Waals surface area (Å²) >= 11 is 1.59. The molecule has 4 nitrogen and oxygen atoms in total. The van der Waals surface area contributed by atoms with Crippen molar-refractivity contribution in [2.75, 3.05) is 27.2 Å². The molecule has 0 saturated carbocycles. The van der Waals surface area contributed by atoms with Crippen LogP contribution in [0.15, 0.2) is 6.07 Å². The maximum absolute atomic E-state index is 12.5. The highest BCUT2D eigenvalue weighted by molar-refractivity contribution is 7.14. The Hall–Kier alpha value is -1.36. The Balaban J connectivity index is 2.14. The van der Waals surface area contributed by atoms with Gasteiger partial charge in [0.15, 0.2) is 0 Å². The number of carbonyl (C=O) groups is 2. The molecule has 1 heterocycles. The first kappa shape index (κ1) is 16.0. The van der Waals surface area contributed by atoms with E-state index >= 15 is 0 Å². The van der Waals surface area contributed by atoms with Gasteiger partial charge in [0.2, 0.25) is 5.91 Å². The van der Waals surface area contributed by atoms with Gasteiger partial charge < -0.3 is 9.80 Å².